The maximum atomic E-state index is 12.7. The second kappa shape index (κ2) is 12.3. The number of carbonyl (C=O) groups excluding carboxylic acids is 2. The van der Waals surface area contributed by atoms with E-state index in [0.29, 0.717) is 6.42 Å². The molecule has 2 aromatic rings. The Kier molecular flexibility index (Phi) is 10.1. The Morgan fingerprint density at radius 1 is 0.919 bits per heavy atom. The van der Waals surface area contributed by atoms with E-state index in [9.17, 15) is 9.59 Å². The first-order chi connectivity index (χ1) is 17.1. The summed E-state index contributed by atoms with van der Waals surface area (Å²) in [4.78, 5) is 25.1. The highest BCUT2D eigenvalue weighted by atomic mass is 28.4. The van der Waals surface area contributed by atoms with E-state index in [1.807, 2.05) is 36.4 Å². The Bertz CT molecular complexity index is 1050. The van der Waals surface area contributed by atoms with Gasteiger partial charge in [0.05, 0.1) is 6.10 Å². The van der Waals surface area contributed by atoms with E-state index < -0.39 is 40.2 Å². The van der Waals surface area contributed by atoms with E-state index >= 15 is 0 Å². The van der Waals surface area contributed by atoms with Gasteiger partial charge in [0, 0.05) is 6.42 Å². The zero-order chi connectivity index (χ0) is 27.9. The molecule has 0 radical (unpaired) electrons. The minimum Gasteiger partial charge on any atom is -0.444 e. The summed E-state index contributed by atoms with van der Waals surface area (Å²) in [6, 6.07) is 19.6. The predicted molar refractivity (Wildman–Crippen MR) is 157 cm³/mol. The van der Waals surface area contributed by atoms with Gasteiger partial charge < -0.3 is 19.3 Å². The van der Waals surface area contributed by atoms with Crippen LogP contribution in [0.3, 0.4) is 0 Å². The maximum absolute atomic E-state index is 12.7. The molecule has 0 heterocycles. The minimum atomic E-state index is -2.99. The smallest absolute Gasteiger partial charge is 0.408 e. The Morgan fingerprint density at radius 3 is 1.78 bits per heavy atom. The molecule has 1 amide bonds. The largest absolute Gasteiger partial charge is 0.444 e. The summed E-state index contributed by atoms with van der Waals surface area (Å²) in [6.45, 7) is 18.4. The van der Waals surface area contributed by atoms with Crippen molar-refractivity contribution < 1.29 is 18.8 Å². The second-order valence-electron chi connectivity index (χ2n) is 12.4. The maximum Gasteiger partial charge on any atom is 0.408 e. The Balaban J connectivity index is 2.67. The van der Waals surface area contributed by atoms with Crippen molar-refractivity contribution in [2.45, 2.75) is 90.4 Å². The lowest BCUT2D eigenvalue weighted by atomic mass is 10.1. The third kappa shape index (κ3) is 8.70. The van der Waals surface area contributed by atoms with Crippen molar-refractivity contribution in [3.05, 3.63) is 60.7 Å². The molecule has 0 unspecified atom stereocenters. The van der Waals surface area contributed by atoms with E-state index in [4.69, 9.17) is 9.16 Å². The number of rotatable bonds is 8. The quantitative estimate of drug-likeness (QED) is 0.282. The fraction of sp³-hybridized carbons (Fsp3) is 0.467. The normalized spacial score (nSPS) is 14.1. The summed E-state index contributed by atoms with van der Waals surface area (Å²) in [7, 11) is -4.65. The van der Waals surface area contributed by atoms with Crippen LogP contribution in [0.4, 0.5) is 4.79 Å². The van der Waals surface area contributed by atoms with Gasteiger partial charge in [-0.05, 0) is 36.2 Å². The number of hydrogen-bond donors (Lipinski definition) is 1. The van der Waals surface area contributed by atoms with Gasteiger partial charge in [-0.3, -0.25) is 0 Å². The van der Waals surface area contributed by atoms with E-state index in [1.54, 1.807) is 20.8 Å². The van der Waals surface area contributed by atoms with Gasteiger partial charge >= 0.3 is 6.09 Å². The van der Waals surface area contributed by atoms with Crippen LogP contribution in [-0.2, 0) is 14.0 Å². The Morgan fingerprint density at radius 2 is 1.41 bits per heavy atom. The van der Waals surface area contributed by atoms with E-state index in [1.165, 1.54) is 0 Å². The molecule has 2 rings (SSSR count). The van der Waals surface area contributed by atoms with Crippen molar-refractivity contribution in [1.82, 2.24) is 5.32 Å². The van der Waals surface area contributed by atoms with E-state index in [2.05, 4.69) is 81.5 Å². The molecular formula is C30H43NO4Si2. The molecule has 0 saturated heterocycles. The van der Waals surface area contributed by atoms with Crippen molar-refractivity contribution in [1.29, 1.82) is 0 Å². The number of hydrogen-bond acceptors (Lipinski definition) is 4. The number of nitrogens with one attached hydrogen (secondary N) is 1. The average Bonchev–Trinajstić information content (AvgIpc) is 2.78. The van der Waals surface area contributed by atoms with Gasteiger partial charge in [-0.25, -0.2) is 4.79 Å². The summed E-state index contributed by atoms with van der Waals surface area (Å²) in [5.74, 6) is 3.30. The fourth-order valence-corrected chi connectivity index (χ4v) is 9.57. The molecule has 5 nitrogen and oxygen atoms in total. The van der Waals surface area contributed by atoms with Crippen LogP contribution >= 0.6 is 0 Å². The lowest BCUT2D eigenvalue weighted by Gasteiger charge is -2.45. The van der Waals surface area contributed by atoms with E-state index in [0.717, 1.165) is 16.7 Å². The first-order valence-electron chi connectivity index (χ1n) is 12.8. The zero-order valence-electron chi connectivity index (χ0n) is 23.8. The molecule has 7 heteroatoms. The molecule has 0 aliphatic carbocycles. The van der Waals surface area contributed by atoms with Gasteiger partial charge in [-0.1, -0.05) is 101 Å². The summed E-state index contributed by atoms with van der Waals surface area (Å²) in [6.07, 6.45) is -0.268. The molecule has 0 aliphatic heterocycles. The molecule has 2 aromatic carbocycles. The number of carbonyl (C=O) groups is 2. The molecule has 0 spiro atoms. The van der Waals surface area contributed by atoms with Gasteiger partial charge in [-0.2, -0.15) is 0 Å². The van der Waals surface area contributed by atoms with Crippen LogP contribution in [0.25, 0.3) is 0 Å². The summed E-state index contributed by atoms with van der Waals surface area (Å²) in [5, 5.41) is 4.66. The average molecular weight is 538 g/mol. The standard InChI is InChI=1S/C30H43NO4Si2/c1-29(2,3)34-28(33)31-26(23-32)27(21-16-22-36(7,8)9)35-37(30(4,5)6,24-17-12-10-13-18-24)25-19-14-11-15-20-25/h10-15,17-20,23,26-27H,21H2,1-9H3,(H,31,33)/t26-,27+/m0/s1. The van der Waals surface area contributed by atoms with Gasteiger partial charge in [0.2, 0.25) is 0 Å². The van der Waals surface area contributed by atoms with Crippen molar-refractivity contribution >= 4 is 39.1 Å². The third-order valence-electron chi connectivity index (χ3n) is 5.74. The molecule has 2 atom stereocenters. The molecule has 200 valence electrons. The number of benzene rings is 2. The summed E-state index contributed by atoms with van der Waals surface area (Å²) < 4.78 is 12.7. The molecule has 0 aromatic heterocycles. The fourth-order valence-electron chi connectivity index (χ4n) is 4.24. The molecular weight excluding hydrogens is 495 g/mol. The monoisotopic (exact) mass is 537 g/mol. The molecule has 0 aliphatic rings. The molecule has 0 bridgehead atoms. The van der Waals surface area contributed by atoms with Crippen molar-refractivity contribution in [2.75, 3.05) is 0 Å². The van der Waals surface area contributed by atoms with Gasteiger partial charge in [0.25, 0.3) is 8.32 Å². The topological polar surface area (TPSA) is 64.6 Å². The van der Waals surface area contributed by atoms with Crippen molar-refractivity contribution in [3.63, 3.8) is 0 Å². The van der Waals surface area contributed by atoms with Crippen molar-refractivity contribution in [2.24, 2.45) is 0 Å². The molecule has 1 N–H and O–H groups in total. The Labute approximate surface area is 225 Å². The van der Waals surface area contributed by atoms with Crippen LogP contribution in [0, 0.1) is 11.5 Å². The van der Waals surface area contributed by atoms with Gasteiger partial charge in [-0.15, -0.1) is 11.5 Å². The zero-order valence-corrected chi connectivity index (χ0v) is 25.8. The highest BCUT2D eigenvalue weighted by molar-refractivity contribution is 6.99. The first-order valence-corrected chi connectivity index (χ1v) is 18.2. The lowest BCUT2D eigenvalue weighted by Crippen LogP contribution is -2.69. The SMILES string of the molecule is CC(C)(C)OC(=O)N[C@@H](C=O)[C@@H](CC#C[Si](C)(C)C)O[Si](c1ccccc1)(c1ccccc1)C(C)(C)C. The Hall–Kier alpha value is -2.67. The van der Waals surface area contributed by atoms with Crippen LogP contribution in [0.1, 0.15) is 48.0 Å². The molecule has 0 fully saturated rings. The third-order valence-corrected chi connectivity index (χ3v) is 11.7. The molecule has 0 saturated carbocycles. The highest BCUT2D eigenvalue weighted by Crippen LogP contribution is 2.38. The van der Waals surface area contributed by atoms with Crippen LogP contribution in [0.5, 0.6) is 0 Å². The highest BCUT2D eigenvalue weighted by Gasteiger charge is 2.52. The van der Waals surface area contributed by atoms with Crippen LogP contribution in [0.2, 0.25) is 24.7 Å². The number of ether oxygens (including phenoxy) is 1. The van der Waals surface area contributed by atoms with Crippen LogP contribution in [0.15, 0.2) is 60.7 Å². The van der Waals surface area contributed by atoms with Crippen LogP contribution in [-0.4, -0.2) is 46.5 Å². The summed E-state index contributed by atoms with van der Waals surface area (Å²) in [5.41, 5.74) is 2.70. The first kappa shape index (κ1) is 30.6. The number of alkyl carbamates (subject to hydrolysis) is 1. The van der Waals surface area contributed by atoms with Gasteiger partial charge in [0.1, 0.15) is 26.0 Å². The summed E-state index contributed by atoms with van der Waals surface area (Å²) >= 11 is 0. The number of aldehydes is 1. The van der Waals surface area contributed by atoms with Gasteiger partial charge in [0.15, 0.2) is 0 Å². The molecule has 37 heavy (non-hydrogen) atoms. The second-order valence-corrected chi connectivity index (χ2v) is 21.4. The van der Waals surface area contributed by atoms with Crippen molar-refractivity contribution in [3.8, 4) is 11.5 Å². The minimum absolute atomic E-state index is 0.292. The van der Waals surface area contributed by atoms with E-state index in [-0.39, 0.29) is 5.04 Å². The number of amides is 1. The lowest BCUT2D eigenvalue weighted by molar-refractivity contribution is -0.111. The predicted octanol–water partition coefficient (Wildman–Crippen LogP) is 5.29. The van der Waals surface area contributed by atoms with Crippen LogP contribution < -0.4 is 15.7 Å².